The molecule has 2 aromatic rings. The highest BCUT2D eigenvalue weighted by Crippen LogP contribution is 2.14. The summed E-state index contributed by atoms with van der Waals surface area (Å²) in [6.07, 6.45) is 0.249. The van der Waals surface area contributed by atoms with Crippen LogP contribution in [0.4, 0.5) is 11.4 Å². The van der Waals surface area contributed by atoms with Crippen molar-refractivity contribution in [1.29, 1.82) is 5.26 Å². The topological polar surface area (TPSA) is 91.2 Å². The van der Waals surface area contributed by atoms with Gasteiger partial charge in [0.1, 0.15) is 6.07 Å². The molecule has 0 bridgehead atoms. The molecule has 0 fully saturated rings. The van der Waals surface area contributed by atoms with Gasteiger partial charge in [-0.25, -0.2) is 4.79 Å². The maximum atomic E-state index is 12.0. The summed E-state index contributed by atoms with van der Waals surface area (Å²) in [6, 6.07) is 15.8. The molecule has 0 aliphatic heterocycles. The van der Waals surface area contributed by atoms with Crippen LogP contribution in [0.1, 0.15) is 29.3 Å². The van der Waals surface area contributed by atoms with E-state index in [9.17, 15) is 9.59 Å². The van der Waals surface area contributed by atoms with E-state index < -0.39 is 0 Å². The standard InChI is InChI=1S/C19H19N3O3/c1-2-25-19(24)14-7-9-16(10-8-14)21-12-11-18(23)22-17-6-4-3-5-15(17)13-20/h3-10,21H,2,11-12H2,1H3,(H,22,23). The van der Waals surface area contributed by atoms with E-state index in [1.165, 1.54) is 0 Å². The van der Waals surface area contributed by atoms with E-state index in [-0.39, 0.29) is 18.3 Å². The molecule has 6 nitrogen and oxygen atoms in total. The predicted molar refractivity (Wildman–Crippen MR) is 95.3 cm³/mol. The van der Waals surface area contributed by atoms with Crippen LogP contribution in [-0.2, 0) is 9.53 Å². The van der Waals surface area contributed by atoms with Crippen LogP contribution >= 0.6 is 0 Å². The van der Waals surface area contributed by atoms with Crippen molar-refractivity contribution in [2.75, 3.05) is 23.8 Å². The first-order valence-electron chi connectivity index (χ1n) is 7.94. The molecule has 0 saturated heterocycles. The summed E-state index contributed by atoms with van der Waals surface area (Å²) in [7, 11) is 0. The van der Waals surface area contributed by atoms with E-state index in [0.29, 0.717) is 30.0 Å². The number of para-hydroxylation sites is 1. The molecule has 0 aliphatic carbocycles. The van der Waals surface area contributed by atoms with Gasteiger partial charge in [-0.15, -0.1) is 0 Å². The van der Waals surface area contributed by atoms with Crippen molar-refractivity contribution in [3.8, 4) is 6.07 Å². The number of nitriles is 1. The summed E-state index contributed by atoms with van der Waals surface area (Å²) < 4.78 is 4.92. The minimum atomic E-state index is -0.357. The summed E-state index contributed by atoms with van der Waals surface area (Å²) in [4.78, 5) is 23.5. The van der Waals surface area contributed by atoms with Crippen LogP contribution in [0.2, 0.25) is 0 Å². The summed E-state index contributed by atoms with van der Waals surface area (Å²) in [5.41, 5.74) is 2.23. The number of anilines is 2. The summed E-state index contributed by atoms with van der Waals surface area (Å²) in [6.45, 7) is 2.52. The molecule has 2 N–H and O–H groups in total. The van der Waals surface area contributed by atoms with Crippen LogP contribution in [-0.4, -0.2) is 25.0 Å². The van der Waals surface area contributed by atoms with Crippen LogP contribution < -0.4 is 10.6 Å². The lowest BCUT2D eigenvalue weighted by atomic mass is 10.2. The highest BCUT2D eigenvalue weighted by molar-refractivity contribution is 5.92. The number of ether oxygens (including phenoxy) is 1. The second kappa shape index (κ2) is 9.08. The molecule has 0 radical (unpaired) electrons. The van der Waals surface area contributed by atoms with Crippen LogP contribution in [0.3, 0.4) is 0 Å². The number of benzene rings is 2. The van der Waals surface area contributed by atoms with E-state index in [0.717, 1.165) is 5.69 Å². The Morgan fingerprint density at radius 3 is 2.52 bits per heavy atom. The molecule has 2 aromatic carbocycles. The number of esters is 1. The fourth-order valence-corrected chi connectivity index (χ4v) is 2.16. The Morgan fingerprint density at radius 1 is 1.12 bits per heavy atom. The monoisotopic (exact) mass is 337 g/mol. The van der Waals surface area contributed by atoms with Crippen molar-refractivity contribution in [3.63, 3.8) is 0 Å². The minimum absolute atomic E-state index is 0.182. The third kappa shape index (κ3) is 5.36. The number of amides is 1. The fourth-order valence-electron chi connectivity index (χ4n) is 2.16. The van der Waals surface area contributed by atoms with Gasteiger partial charge in [0, 0.05) is 18.7 Å². The van der Waals surface area contributed by atoms with Gasteiger partial charge in [0.05, 0.1) is 23.4 Å². The van der Waals surface area contributed by atoms with Gasteiger partial charge in [-0.1, -0.05) is 12.1 Å². The Kier molecular flexibility index (Phi) is 6.55. The van der Waals surface area contributed by atoms with Gasteiger partial charge >= 0.3 is 5.97 Å². The zero-order valence-electron chi connectivity index (χ0n) is 13.9. The van der Waals surface area contributed by atoms with Crippen molar-refractivity contribution >= 4 is 23.3 Å². The van der Waals surface area contributed by atoms with Gasteiger partial charge in [0.25, 0.3) is 0 Å². The van der Waals surface area contributed by atoms with Gasteiger partial charge in [0.2, 0.25) is 5.91 Å². The van der Waals surface area contributed by atoms with E-state index in [1.54, 1.807) is 55.5 Å². The minimum Gasteiger partial charge on any atom is -0.462 e. The first-order chi connectivity index (χ1) is 12.1. The molecule has 25 heavy (non-hydrogen) atoms. The van der Waals surface area contributed by atoms with Crippen molar-refractivity contribution in [1.82, 2.24) is 0 Å². The molecular formula is C19H19N3O3. The van der Waals surface area contributed by atoms with Gasteiger partial charge in [-0.3, -0.25) is 4.79 Å². The Morgan fingerprint density at radius 2 is 1.84 bits per heavy atom. The summed E-state index contributed by atoms with van der Waals surface area (Å²) in [5, 5.41) is 14.8. The third-order valence-corrected chi connectivity index (χ3v) is 3.40. The maximum absolute atomic E-state index is 12.0. The quantitative estimate of drug-likeness (QED) is 0.757. The van der Waals surface area contributed by atoms with E-state index in [4.69, 9.17) is 10.00 Å². The van der Waals surface area contributed by atoms with Crippen LogP contribution in [0.5, 0.6) is 0 Å². The van der Waals surface area contributed by atoms with Gasteiger partial charge < -0.3 is 15.4 Å². The SMILES string of the molecule is CCOC(=O)c1ccc(NCCC(=O)Nc2ccccc2C#N)cc1. The third-order valence-electron chi connectivity index (χ3n) is 3.40. The largest absolute Gasteiger partial charge is 0.462 e. The number of nitrogens with one attached hydrogen (secondary N) is 2. The molecular weight excluding hydrogens is 318 g/mol. The molecule has 0 aliphatic rings. The molecule has 2 rings (SSSR count). The van der Waals surface area contributed by atoms with E-state index in [2.05, 4.69) is 10.6 Å². The highest BCUT2D eigenvalue weighted by Gasteiger charge is 2.07. The second-order valence-electron chi connectivity index (χ2n) is 5.18. The average molecular weight is 337 g/mol. The van der Waals surface area contributed by atoms with E-state index >= 15 is 0 Å². The van der Waals surface area contributed by atoms with Crippen LogP contribution in [0, 0.1) is 11.3 Å². The Balaban J connectivity index is 1.81. The van der Waals surface area contributed by atoms with Crippen LogP contribution in [0.25, 0.3) is 0 Å². The maximum Gasteiger partial charge on any atom is 0.338 e. The lowest BCUT2D eigenvalue weighted by Gasteiger charge is -2.09. The molecule has 6 heteroatoms. The number of carbonyl (C=O) groups is 2. The van der Waals surface area contributed by atoms with Crippen molar-refractivity contribution < 1.29 is 14.3 Å². The zero-order chi connectivity index (χ0) is 18.1. The summed E-state index contributed by atoms with van der Waals surface area (Å²) in [5.74, 6) is -0.539. The fraction of sp³-hybridized carbons (Fsp3) is 0.211. The van der Waals surface area contributed by atoms with Gasteiger partial charge in [-0.2, -0.15) is 5.26 Å². The Bertz CT molecular complexity index is 779. The van der Waals surface area contributed by atoms with Crippen molar-refractivity contribution in [2.24, 2.45) is 0 Å². The van der Waals surface area contributed by atoms with Gasteiger partial charge in [-0.05, 0) is 43.3 Å². The predicted octanol–water partition coefficient (Wildman–Crippen LogP) is 3.18. The molecule has 0 saturated carbocycles. The zero-order valence-corrected chi connectivity index (χ0v) is 13.9. The Labute approximate surface area is 146 Å². The molecule has 0 aromatic heterocycles. The van der Waals surface area contributed by atoms with Crippen molar-refractivity contribution in [2.45, 2.75) is 13.3 Å². The number of hydrogen-bond donors (Lipinski definition) is 2. The first kappa shape index (κ1) is 18.0. The number of nitrogens with zero attached hydrogens (tertiary/aromatic N) is 1. The van der Waals surface area contributed by atoms with Gasteiger partial charge in [0.15, 0.2) is 0 Å². The average Bonchev–Trinajstić information content (AvgIpc) is 2.63. The van der Waals surface area contributed by atoms with Crippen LogP contribution in [0.15, 0.2) is 48.5 Å². The molecule has 0 spiro atoms. The van der Waals surface area contributed by atoms with E-state index in [1.807, 2.05) is 6.07 Å². The smallest absolute Gasteiger partial charge is 0.338 e. The van der Waals surface area contributed by atoms with Crippen molar-refractivity contribution in [3.05, 3.63) is 59.7 Å². The molecule has 0 atom stereocenters. The first-order valence-corrected chi connectivity index (χ1v) is 7.94. The normalized spacial score (nSPS) is 9.76. The highest BCUT2D eigenvalue weighted by atomic mass is 16.5. The molecule has 1 amide bonds. The molecule has 0 heterocycles. The summed E-state index contributed by atoms with van der Waals surface area (Å²) >= 11 is 0. The molecule has 128 valence electrons. The lowest BCUT2D eigenvalue weighted by Crippen LogP contribution is -2.16. The number of hydrogen-bond acceptors (Lipinski definition) is 5. The second-order valence-corrected chi connectivity index (χ2v) is 5.18. The lowest BCUT2D eigenvalue weighted by molar-refractivity contribution is -0.115. The number of carbonyl (C=O) groups excluding carboxylic acids is 2. The molecule has 0 unspecified atom stereocenters. The Hall–Kier alpha value is -3.33. The number of rotatable bonds is 7.